The first-order chi connectivity index (χ1) is 28.3. The summed E-state index contributed by atoms with van der Waals surface area (Å²) >= 11 is 0. The van der Waals surface area contributed by atoms with Gasteiger partial charge in [-0.25, -0.2) is 25.1 Å². The molecule has 4 aromatic carbocycles. The Balaban J connectivity index is 1.55. The molecule has 2 unspecified atom stereocenters. The van der Waals surface area contributed by atoms with Gasteiger partial charge in [0.2, 0.25) is 11.8 Å². The molecule has 59 heavy (non-hydrogen) atoms. The summed E-state index contributed by atoms with van der Waals surface area (Å²) in [5.41, 5.74) is 10.1. The number of hydrazone groups is 2. The second kappa shape index (κ2) is 22.4. The third-order valence-electron chi connectivity index (χ3n) is 8.45. The molecular weight excluding hydrogens is 757 g/mol. The van der Waals surface area contributed by atoms with Crippen LogP contribution in [0.25, 0.3) is 0 Å². The average molecular weight is 807 g/mol. The monoisotopic (exact) mass is 806 g/mol. The van der Waals surface area contributed by atoms with Crippen LogP contribution in [0.4, 0.5) is 9.59 Å². The molecule has 0 aliphatic heterocycles. The molecule has 0 heterocycles. The second-order valence-corrected chi connectivity index (χ2v) is 14.3. The van der Waals surface area contributed by atoms with E-state index in [9.17, 15) is 29.3 Å². The molecule has 4 rings (SSSR count). The Hall–Kier alpha value is -7.30. The number of hydrogen-bond donors (Lipinski definition) is 7. The molecule has 0 aliphatic carbocycles. The Kier molecular flexibility index (Phi) is 16.9. The minimum Gasteiger partial charge on any atom is -0.444 e. The largest absolute Gasteiger partial charge is 0.444 e. The zero-order chi connectivity index (χ0) is 42.6. The number of nitrogens with two attached hydrogens (primary N) is 1. The van der Waals surface area contributed by atoms with Crippen molar-refractivity contribution in [3.05, 3.63) is 154 Å². The lowest BCUT2D eigenvalue weighted by molar-refractivity contribution is -0.485. The van der Waals surface area contributed by atoms with Gasteiger partial charge in [-0.2, -0.15) is 5.10 Å². The molecule has 0 radical (unpaired) electrons. The van der Waals surface area contributed by atoms with Crippen LogP contribution in [0.5, 0.6) is 0 Å². The van der Waals surface area contributed by atoms with E-state index < -0.39 is 64.7 Å². The van der Waals surface area contributed by atoms with Crippen LogP contribution in [-0.2, 0) is 20.7 Å². The molecule has 310 valence electrons. The van der Waals surface area contributed by atoms with Crippen molar-refractivity contribution in [3.63, 3.8) is 0 Å². The van der Waals surface area contributed by atoms with Gasteiger partial charge in [0.15, 0.2) is 5.03 Å². The van der Waals surface area contributed by atoms with Crippen LogP contribution < -0.4 is 37.7 Å². The zero-order valence-electron chi connectivity index (χ0n) is 33.0. The number of benzene rings is 4. The molecule has 0 aliphatic rings. The van der Waals surface area contributed by atoms with Crippen molar-refractivity contribution < 1.29 is 28.9 Å². The molecule has 17 nitrogen and oxygen atoms in total. The number of carbonyl (C=O) groups is 4. The molecule has 4 aromatic rings. The van der Waals surface area contributed by atoms with E-state index in [0.29, 0.717) is 12.0 Å². The van der Waals surface area contributed by atoms with Crippen molar-refractivity contribution in [2.45, 2.75) is 69.8 Å². The fourth-order valence-electron chi connectivity index (χ4n) is 5.81. The van der Waals surface area contributed by atoms with Gasteiger partial charge in [0.25, 0.3) is 5.96 Å². The van der Waals surface area contributed by atoms with Gasteiger partial charge in [-0.15, -0.1) is 0 Å². The Labute approximate surface area is 342 Å². The maximum atomic E-state index is 14.2. The number of amides is 5. The average Bonchev–Trinajstić information content (AvgIpc) is 3.20. The zero-order valence-corrected chi connectivity index (χ0v) is 33.0. The Morgan fingerprint density at radius 1 is 0.763 bits per heavy atom. The molecule has 0 bridgehead atoms. The summed E-state index contributed by atoms with van der Waals surface area (Å²) in [6, 6.07) is 32.1. The molecule has 0 fully saturated rings. The molecule has 3 atom stereocenters. The van der Waals surface area contributed by atoms with Crippen molar-refractivity contribution in [3.8, 4) is 0 Å². The van der Waals surface area contributed by atoms with Gasteiger partial charge in [0.05, 0.1) is 12.1 Å². The maximum Gasteiger partial charge on any atom is 0.408 e. The minimum atomic E-state index is -1.22. The van der Waals surface area contributed by atoms with Crippen LogP contribution in [0.1, 0.15) is 68.0 Å². The first-order valence-corrected chi connectivity index (χ1v) is 18.9. The van der Waals surface area contributed by atoms with E-state index >= 15 is 0 Å². The number of nitrogens with one attached hydrogen (secondary N) is 6. The Bertz CT molecular complexity index is 1990. The lowest BCUT2D eigenvalue weighted by atomic mass is 9.99. The van der Waals surface area contributed by atoms with Crippen LogP contribution in [0.3, 0.4) is 0 Å². The summed E-state index contributed by atoms with van der Waals surface area (Å²) < 4.78 is 5.43. The first-order valence-electron chi connectivity index (χ1n) is 18.9. The third-order valence-corrected chi connectivity index (χ3v) is 8.45. The van der Waals surface area contributed by atoms with E-state index in [4.69, 9.17) is 10.5 Å². The second-order valence-electron chi connectivity index (χ2n) is 14.3. The molecule has 0 aromatic heterocycles. The summed E-state index contributed by atoms with van der Waals surface area (Å²) in [4.78, 5) is 64.9. The highest BCUT2D eigenvalue weighted by Crippen LogP contribution is 2.22. The number of carbonyl (C=O) groups excluding carboxylic acids is 4. The van der Waals surface area contributed by atoms with Gasteiger partial charge in [-0.05, 0) is 55.9 Å². The molecule has 0 spiro atoms. The smallest absolute Gasteiger partial charge is 0.408 e. The topological polar surface area (TPSA) is 244 Å². The molecule has 8 N–H and O–H groups in total. The van der Waals surface area contributed by atoms with Crippen LogP contribution in [0.15, 0.2) is 132 Å². The molecule has 0 saturated heterocycles. The molecule has 0 saturated carbocycles. The van der Waals surface area contributed by atoms with Crippen LogP contribution in [0, 0.1) is 10.1 Å². The summed E-state index contributed by atoms with van der Waals surface area (Å²) in [7, 11) is 0. The lowest BCUT2D eigenvalue weighted by Crippen LogP contribution is -2.53. The number of rotatable bonds is 18. The highest BCUT2D eigenvalue weighted by molar-refractivity contribution is 5.93. The number of nitro groups is 1. The highest BCUT2D eigenvalue weighted by Gasteiger charge is 2.30. The van der Waals surface area contributed by atoms with Crippen LogP contribution in [0.2, 0.25) is 0 Å². The Morgan fingerprint density at radius 3 is 1.85 bits per heavy atom. The van der Waals surface area contributed by atoms with Gasteiger partial charge in [-0.1, -0.05) is 121 Å². The van der Waals surface area contributed by atoms with E-state index in [1.807, 2.05) is 78.9 Å². The fraction of sp³-hybridized carbons (Fsp3) is 0.286. The van der Waals surface area contributed by atoms with E-state index in [0.717, 1.165) is 16.7 Å². The first kappa shape index (κ1) is 44.4. The van der Waals surface area contributed by atoms with Crippen molar-refractivity contribution in [2.75, 3.05) is 6.54 Å². The predicted octanol–water partition coefficient (Wildman–Crippen LogP) is 4.42. The maximum absolute atomic E-state index is 14.2. The van der Waals surface area contributed by atoms with Gasteiger partial charge >= 0.3 is 12.1 Å². The summed E-state index contributed by atoms with van der Waals surface area (Å²) in [5.74, 6) is -1.66. The van der Waals surface area contributed by atoms with Gasteiger partial charge in [0, 0.05) is 19.2 Å². The van der Waals surface area contributed by atoms with Crippen molar-refractivity contribution in [1.82, 2.24) is 32.0 Å². The number of nitrogens with zero attached hydrogens (tertiary/aromatic N) is 3. The highest BCUT2D eigenvalue weighted by atomic mass is 16.7. The number of guanidine groups is 1. The quantitative estimate of drug-likeness (QED) is 0.0247. The normalized spacial score (nSPS) is 13.1. The minimum absolute atomic E-state index is 0.0761. The molecule has 5 amide bonds. The van der Waals surface area contributed by atoms with Gasteiger partial charge in [0.1, 0.15) is 22.8 Å². The predicted molar refractivity (Wildman–Crippen MR) is 223 cm³/mol. The van der Waals surface area contributed by atoms with E-state index in [2.05, 4.69) is 42.2 Å². The summed E-state index contributed by atoms with van der Waals surface area (Å²) in [5, 5.41) is 30.8. The van der Waals surface area contributed by atoms with Crippen LogP contribution >= 0.6 is 0 Å². The fourth-order valence-corrected chi connectivity index (χ4v) is 5.81. The summed E-state index contributed by atoms with van der Waals surface area (Å²) in [6.07, 6.45) is 1.12. The molecular formula is C42H50N10O7. The van der Waals surface area contributed by atoms with Crippen molar-refractivity contribution in [2.24, 2.45) is 15.9 Å². The van der Waals surface area contributed by atoms with Crippen LogP contribution in [-0.4, -0.2) is 65.4 Å². The number of alkyl carbamates (subject to hydrolysis) is 1. The number of hydrogen-bond acceptors (Lipinski definition) is 8. The van der Waals surface area contributed by atoms with E-state index in [1.54, 1.807) is 63.2 Å². The SMILES string of the molecule is CC(C)(C)OC(=O)NC(C(=O)NC(Cc1ccccc1)C(=O)N[C@H](/C=N/NC(=O)NC(c1ccccc1)c1ccccc1)CCCN/C(N)=N\[N+](=O)[O-])c1ccccc1. The van der Waals surface area contributed by atoms with E-state index in [1.165, 1.54) is 6.21 Å². The summed E-state index contributed by atoms with van der Waals surface area (Å²) in [6.45, 7) is 5.24. The van der Waals surface area contributed by atoms with Crippen molar-refractivity contribution in [1.29, 1.82) is 0 Å². The molecule has 17 heteroatoms. The number of urea groups is 1. The lowest BCUT2D eigenvalue weighted by Gasteiger charge is -2.26. The van der Waals surface area contributed by atoms with Crippen molar-refractivity contribution >= 4 is 36.1 Å². The van der Waals surface area contributed by atoms with E-state index in [-0.39, 0.29) is 19.4 Å². The van der Waals surface area contributed by atoms with Gasteiger partial charge in [-0.3, -0.25) is 9.59 Å². The number of ether oxygens (including phenoxy) is 1. The Morgan fingerprint density at radius 2 is 1.31 bits per heavy atom. The third kappa shape index (κ3) is 16.0. The van der Waals surface area contributed by atoms with Gasteiger partial charge < -0.3 is 37.1 Å². The standard InChI is InChI=1S/C42H50N10O7/c1-42(2,3)59-41(56)49-36(32-23-14-7-15-24-32)38(54)47-34(27-29-17-8-4-9-18-29)37(53)46-33(25-16-26-44-39(43)51-52(57)58)28-45-50-40(55)48-35(30-19-10-5-11-20-30)31-21-12-6-13-22-31/h4-15,17-24,28,33-36H,16,25-27H2,1-3H3,(H,46,53)(H,47,54)(H,49,56)(H3,43,44,51)(H2,48,50,55)/b45-28+/t33-,34?,36?/m0/s1.